The molecule has 1 aliphatic carbocycles. The number of phenolic OH excluding ortho intramolecular Hbond substituents is 1. The number of halogens is 1. The number of nitrogens with two attached hydrogens (primary N) is 1. The molecule has 3 aliphatic heterocycles. The second-order valence-electron chi connectivity index (χ2n) is 22.3. The Hall–Kier alpha value is -6.73. The van der Waals surface area contributed by atoms with Gasteiger partial charge in [0.15, 0.2) is 11.6 Å². The van der Waals surface area contributed by atoms with E-state index in [0.717, 1.165) is 6.08 Å². The van der Waals surface area contributed by atoms with E-state index in [9.17, 15) is 78.0 Å². The quantitative estimate of drug-likeness (QED) is 0.0413. The number of aliphatic carboxylic acids is 1. The maximum absolute atomic E-state index is 15.2. The number of carboxylic acids is 1. The molecular weight excluding hydrogens is 1200 g/mol. The molecule has 1 saturated carbocycles. The highest BCUT2D eigenvalue weighted by molar-refractivity contribution is 9.12. The molecule has 0 radical (unpaired) electrons. The average molecular weight is 1280 g/mol. The van der Waals surface area contributed by atoms with Gasteiger partial charge in [-0.25, -0.2) is 0 Å². The first-order valence-corrected chi connectivity index (χ1v) is 30.5. The molecule has 0 aromatic heterocycles. The first-order valence-electron chi connectivity index (χ1n) is 28.4. The molecular formula is C55H79BrN10O18S. The van der Waals surface area contributed by atoms with Crippen LogP contribution in [0.25, 0.3) is 0 Å². The Morgan fingerprint density at radius 3 is 2.21 bits per heavy atom. The number of phenols is 1. The summed E-state index contributed by atoms with van der Waals surface area (Å²) in [6.07, 6.45) is -4.04. The van der Waals surface area contributed by atoms with Crippen LogP contribution >= 0.6 is 15.9 Å². The second kappa shape index (κ2) is 32.1. The number of fused-ring (bicyclic) bond motifs is 5. The number of anilines is 2. The van der Waals surface area contributed by atoms with E-state index in [-0.39, 0.29) is 91.8 Å². The van der Waals surface area contributed by atoms with Crippen molar-refractivity contribution in [1.82, 2.24) is 37.2 Å². The molecule has 3 fully saturated rings. The van der Waals surface area contributed by atoms with Gasteiger partial charge in [-0.2, -0.15) is 0 Å². The number of primary amides is 1. The molecule has 16 N–H and O–H groups in total. The second-order valence-corrected chi connectivity index (χ2v) is 24.8. The number of aliphatic hydroxyl groups excluding tert-OH is 3. The van der Waals surface area contributed by atoms with Crippen molar-refractivity contribution in [3.63, 3.8) is 0 Å². The minimum atomic E-state index is -2.36. The predicted octanol–water partition coefficient (Wildman–Crippen LogP) is -1.80. The van der Waals surface area contributed by atoms with Crippen LogP contribution in [0.3, 0.4) is 0 Å². The summed E-state index contributed by atoms with van der Waals surface area (Å²) in [6, 6.07) is -4.24. The summed E-state index contributed by atoms with van der Waals surface area (Å²) >= 11 is 3.08. The number of carbonyl (C=O) groups excluding carboxylic acids is 11. The van der Waals surface area contributed by atoms with Gasteiger partial charge in [0.2, 0.25) is 47.3 Å². The van der Waals surface area contributed by atoms with Crippen LogP contribution in [0.2, 0.25) is 0 Å². The summed E-state index contributed by atoms with van der Waals surface area (Å²) in [6.45, 7) is 4.88. The monoisotopic (exact) mass is 1280 g/mol. The summed E-state index contributed by atoms with van der Waals surface area (Å²) in [5.74, 6) is -18.4. The Balaban J connectivity index is 1.58. The molecule has 470 valence electrons. The van der Waals surface area contributed by atoms with Gasteiger partial charge in [-0.1, -0.05) is 27.2 Å². The van der Waals surface area contributed by atoms with Crippen LogP contribution in [0, 0.1) is 29.6 Å². The van der Waals surface area contributed by atoms with E-state index in [4.69, 9.17) is 10.8 Å². The van der Waals surface area contributed by atoms with E-state index in [1.807, 2.05) is 6.92 Å². The fourth-order valence-corrected chi connectivity index (χ4v) is 12.9. The third-order valence-electron chi connectivity index (χ3n) is 15.8. The van der Waals surface area contributed by atoms with Crippen LogP contribution in [0.1, 0.15) is 116 Å². The lowest BCUT2D eigenvalue weighted by Gasteiger charge is -2.32. The Labute approximate surface area is 501 Å². The largest absolute Gasteiger partial charge is 0.506 e. The minimum Gasteiger partial charge on any atom is -0.506 e. The molecule has 3 heterocycles. The molecule has 4 aliphatic rings. The van der Waals surface area contributed by atoms with Gasteiger partial charge in [0.05, 0.1) is 59.3 Å². The third-order valence-corrected chi connectivity index (χ3v) is 18.2. The van der Waals surface area contributed by atoms with Crippen molar-refractivity contribution in [2.24, 2.45) is 35.3 Å². The van der Waals surface area contributed by atoms with Crippen LogP contribution in [0.4, 0.5) is 11.4 Å². The van der Waals surface area contributed by atoms with Gasteiger partial charge in [-0.3, -0.25) is 61.7 Å². The zero-order valence-electron chi connectivity index (χ0n) is 47.7. The van der Waals surface area contributed by atoms with Gasteiger partial charge < -0.3 is 79.1 Å². The number of nitrogens with one attached hydrogen (secondary N) is 9. The van der Waals surface area contributed by atoms with Gasteiger partial charge in [-0.15, -0.1) is 0 Å². The normalized spacial score (nSPS) is 28.5. The van der Waals surface area contributed by atoms with Crippen LogP contribution in [-0.2, 0) is 68.3 Å². The number of carbonyl (C=O) groups is 12. The lowest BCUT2D eigenvalue weighted by molar-refractivity contribution is -0.140. The van der Waals surface area contributed by atoms with E-state index in [2.05, 4.69) is 63.8 Å². The lowest BCUT2D eigenvalue weighted by atomic mass is 9.80. The van der Waals surface area contributed by atoms with E-state index in [0.29, 0.717) is 6.42 Å². The summed E-state index contributed by atoms with van der Waals surface area (Å²) in [7, 11) is -2.36. The first-order chi connectivity index (χ1) is 40.1. The van der Waals surface area contributed by atoms with Crippen molar-refractivity contribution in [3.05, 3.63) is 28.3 Å². The van der Waals surface area contributed by atoms with Crippen LogP contribution in [0.5, 0.6) is 5.75 Å². The molecule has 30 heteroatoms. The molecule has 5 rings (SSSR count). The third kappa shape index (κ3) is 19.6. The van der Waals surface area contributed by atoms with Gasteiger partial charge in [0, 0.05) is 104 Å². The topological polar surface area (TPSA) is 457 Å². The predicted molar refractivity (Wildman–Crippen MR) is 309 cm³/mol. The maximum Gasteiger partial charge on any atom is 0.303 e. The SMILES string of the molecule is CC[C@H](C)[C@@H]1NC(C)CNC(=O)[C@@H]2CC3c4cc(NC(=O)CCCCC(=O)/C(Br)=C\C(=O)NCCCC(=O)O)c(O)cc4NC3S(=O)C[C@H](NC(=O)CNC1=O)C(=O)C[C@@H](CC(N)=O)C(=O)C1C[C@H](O)C[C@H]1C(=O)N[C@@H](C(C)[C@@H](O)CO)C(=O)N2. The van der Waals surface area contributed by atoms with Crippen molar-refractivity contribution >= 4 is 109 Å². The molecule has 15 atom stereocenters. The fourth-order valence-electron chi connectivity index (χ4n) is 10.8. The summed E-state index contributed by atoms with van der Waals surface area (Å²) in [5, 5.41) is 75.2. The highest BCUT2D eigenvalue weighted by Gasteiger charge is 2.48. The highest BCUT2D eigenvalue weighted by atomic mass is 79.9. The number of hydrogen-bond acceptors (Lipinski definition) is 19. The van der Waals surface area contributed by atoms with Crippen molar-refractivity contribution in [2.75, 3.05) is 42.6 Å². The molecule has 28 nitrogen and oxygen atoms in total. The van der Waals surface area contributed by atoms with Crippen molar-refractivity contribution in [1.29, 1.82) is 0 Å². The van der Waals surface area contributed by atoms with E-state index < -0.39 is 203 Å². The molecule has 0 spiro atoms. The van der Waals surface area contributed by atoms with Crippen LogP contribution in [0.15, 0.2) is 22.7 Å². The molecule has 1 aromatic rings. The molecule has 85 heavy (non-hydrogen) atoms. The van der Waals surface area contributed by atoms with Gasteiger partial charge in [-0.05, 0) is 78.9 Å². The number of unbranched alkanes of at least 4 members (excludes halogenated alkanes) is 1. The van der Waals surface area contributed by atoms with Crippen LogP contribution < -0.4 is 53.6 Å². The number of rotatable bonds is 19. The standard InChI is InChI=1S/C55H79BrN10O18S/c1-5-25(2)48-53(82)60-22-46(76)63-38-24-85(84)55-33(30-17-36(41(71)20-35(30)65-55)62-44(74)10-7-6-9-39(69)34(56)19-45(75)58-12-8-11-47(77)78)18-37(52(81)59-21-26(3)61-48)64-54(83)49(27(4)42(72)23-67)66-51(80)32-16-29(68)15-31(32)50(79)28(13-40(38)70)14-43(57)73/h17,19-20,25-29,31-33,37-38,42,48-49,55,61,65,67-68,71-72H,5-16,18,21-24H2,1-4H3,(H2,57,73)(H,58,75)(H,59,81)(H,60,82)(H,62,74)(H,63,76)(H,64,83)(H,66,80)(H,77,78)/b34-19+/t25-,26?,27?,28-,29-,31?,32+,33?,37-,38-,42-,48-,49-,55?,85?/m0/s1. The number of aliphatic hydroxyl groups is 3. The number of benzene rings is 1. The zero-order chi connectivity index (χ0) is 63.0. The summed E-state index contributed by atoms with van der Waals surface area (Å²) < 4.78 is 15.1. The lowest BCUT2D eigenvalue weighted by Crippen LogP contribution is -2.60. The minimum absolute atomic E-state index is 0.0448. The Bertz CT molecular complexity index is 2770. The van der Waals surface area contributed by atoms with Crippen molar-refractivity contribution < 1.29 is 87.3 Å². The van der Waals surface area contributed by atoms with Gasteiger partial charge in [0.1, 0.15) is 29.0 Å². The molecule has 2 saturated heterocycles. The smallest absolute Gasteiger partial charge is 0.303 e. The Morgan fingerprint density at radius 2 is 1.54 bits per heavy atom. The van der Waals surface area contributed by atoms with E-state index in [1.54, 1.807) is 13.8 Å². The molecule has 1 aromatic carbocycles. The number of amides is 8. The Kier molecular flexibility index (Phi) is 26.1. The Morgan fingerprint density at radius 1 is 0.847 bits per heavy atom. The maximum atomic E-state index is 15.2. The number of Topliss-reactive ketones (excluding diaryl/α,β-unsaturated/α-hetero) is 3. The summed E-state index contributed by atoms with van der Waals surface area (Å²) in [5.41, 5.74) is 5.78. The molecule has 6 unspecified atom stereocenters. The summed E-state index contributed by atoms with van der Waals surface area (Å²) in [4.78, 5) is 163. The van der Waals surface area contributed by atoms with E-state index in [1.165, 1.54) is 19.1 Å². The number of aromatic hydroxyl groups is 1. The van der Waals surface area contributed by atoms with Gasteiger partial charge >= 0.3 is 5.97 Å². The van der Waals surface area contributed by atoms with E-state index >= 15 is 4.21 Å². The number of allylic oxidation sites excluding steroid dienone is 1. The van der Waals surface area contributed by atoms with Crippen molar-refractivity contribution in [3.8, 4) is 5.75 Å². The number of carboxylic acid groups (broad SMARTS) is 1. The zero-order valence-corrected chi connectivity index (χ0v) is 50.1. The molecule has 2 bridgehead atoms. The molecule has 8 amide bonds. The number of hydrogen-bond donors (Lipinski definition) is 15. The average Bonchev–Trinajstić information content (AvgIpc) is 2.53. The van der Waals surface area contributed by atoms with Crippen molar-refractivity contribution in [2.45, 2.75) is 158 Å². The fraction of sp³-hybridized carbons (Fsp3) is 0.636. The van der Waals surface area contributed by atoms with Gasteiger partial charge in [0.25, 0.3) is 0 Å². The number of ketones is 3. The highest BCUT2D eigenvalue weighted by Crippen LogP contribution is 2.45. The van der Waals surface area contributed by atoms with Crippen LogP contribution in [-0.4, -0.2) is 180 Å². The first kappa shape index (κ1) is 69.0.